The molecule has 0 radical (unpaired) electrons. The number of ether oxygens (including phenoxy) is 2. The first-order valence-corrected chi connectivity index (χ1v) is 8.04. The van der Waals surface area contributed by atoms with E-state index in [0.29, 0.717) is 24.7 Å². The Balaban J connectivity index is 1.96. The van der Waals surface area contributed by atoms with Gasteiger partial charge in [-0.25, -0.2) is 0 Å². The van der Waals surface area contributed by atoms with E-state index in [4.69, 9.17) is 16.3 Å². The third kappa shape index (κ3) is 4.94. The molecule has 2 rings (SSSR count). The van der Waals surface area contributed by atoms with Crippen LogP contribution in [-0.2, 0) is 19.1 Å². The Hall–Kier alpha value is -1.59. The van der Waals surface area contributed by atoms with Crippen LogP contribution in [0.2, 0.25) is 5.02 Å². The van der Waals surface area contributed by atoms with E-state index in [2.05, 4.69) is 4.74 Å². The van der Waals surface area contributed by atoms with Crippen LogP contribution in [0.3, 0.4) is 0 Å². The fourth-order valence-electron chi connectivity index (χ4n) is 2.67. The number of carbonyl (C=O) groups is 2. The van der Waals surface area contributed by atoms with Crippen molar-refractivity contribution in [2.45, 2.75) is 18.8 Å². The second-order valence-corrected chi connectivity index (χ2v) is 6.08. The summed E-state index contributed by atoms with van der Waals surface area (Å²) in [5.74, 6) is -0.0781. The van der Waals surface area contributed by atoms with Crippen LogP contribution >= 0.6 is 11.6 Å². The number of benzene rings is 1. The first-order chi connectivity index (χ1) is 11.1. The van der Waals surface area contributed by atoms with Gasteiger partial charge in [-0.2, -0.15) is 0 Å². The lowest BCUT2D eigenvalue weighted by atomic mass is 10.1. The average Bonchev–Trinajstić information content (AvgIpc) is 3.34. The normalized spacial score (nSPS) is 19.3. The Morgan fingerprint density at radius 2 is 2.09 bits per heavy atom. The molecule has 0 spiro atoms. The highest BCUT2D eigenvalue weighted by atomic mass is 35.5. The molecule has 2 atom stereocenters. The monoisotopic (exact) mass is 339 g/mol. The van der Waals surface area contributed by atoms with E-state index in [9.17, 15) is 9.59 Å². The molecule has 0 saturated heterocycles. The number of rotatable bonds is 8. The zero-order valence-corrected chi connectivity index (χ0v) is 14.2. The van der Waals surface area contributed by atoms with E-state index in [1.54, 1.807) is 12.0 Å². The highest BCUT2D eigenvalue weighted by molar-refractivity contribution is 6.30. The van der Waals surface area contributed by atoms with Crippen molar-refractivity contribution in [3.8, 4) is 0 Å². The SMILES string of the molecule is COCCN(CCC(=O)OC)C(=O)C1CC1c1cccc(Cl)c1. The molecule has 1 amide bonds. The molecule has 1 aromatic rings. The van der Waals surface area contributed by atoms with Crippen molar-refractivity contribution in [2.24, 2.45) is 5.92 Å². The first-order valence-electron chi connectivity index (χ1n) is 7.66. The Labute approximate surface area is 141 Å². The van der Waals surface area contributed by atoms with Gasteiger partial charge in [0.2, 0.25) is 5.91 Å². The summed E-state index contributed by atoms with van der Waals surface area (Å²) in [5.41, 5.74) is 1.09. The van der Waals surface area contributed by atoms with E-state index in [-0.39, 0.29) is 30.1 Å². The second-order valence-electron chi connectivity index (χ2n) is 5.65. The van der Waals surface area contributed by atoms with Crippen LogP contribution < -0.4 is 0 Å². The van der Waals surface area contributed by atoms with Gasteiger partial charge in [0.1, 0.15) is 0 Å². The van der Waals surface area contributed by atoms with Crippen LogP contribution in [0.5, 0.6) is 0 Å². The van der Waals surface area contributed by atoms with Gasteiger partial charge in [0.05, 0.1) is 20.1 Å². The molecule has 1 fully saturated rings. The number of hydrogen-bond acceptors (Lipinski definition) is 4. The number of hydrogen-bond donors (Lipinski definition) is 0. The maximum Gasteiger partial charge on any atom is 0.307 e. The maximum absolute atomic E-state index is 12.7. The summed E-state index contributed by atoms with van der Waals surface area (Å²) in [4.78, 5) is 25.7. The number of amides is 1. The van der Waals surface area contributed by atoms with Crippen molar-refractivity contribution in [3.05, 3.63) is 34.9 Å². The summed E-state index contributed by atoms with van der Waals surface area (Å²) in [5, 5.41) is 0.683. The summed E-state index contributed by atoms with van der Waals surface area (Å²) in [6.45, 7) is 1.28. The molecule has 23 heavy (non-hydrogen) atoms. The number of halogens is 1. The fraction of sp³-hybridized carbons (Fsp3) is 0.529. The molecule has 6 heteroatoms. The quantitative estimate of drug-likeness (QED) is 0.683. The van der Waals surface area contributed by atoms with Gasteiger partial charge in [-0.1, -0.05) is 23.7 Å². The number of methoxy groups -OCH3 is 2. The molecule has 0 N–H and O–H groups in total. The van der Waals surface area contributed by atoms with E-state index in [1.165, 1.54) is 7.11 Å². The van der Waals surface area contributed by atoms with Gasteiger partial charge in [-0.15, -0.1) is 0 Å². The van der Waals surface area contributed by atoms with Crippen molar-refractivity contribution < 1.29 is 19.1 Å². The van der Waals surface area contributed by atoms with Crippen molar-refractivity contribution >= 4 is 23.5 Å². The molecule has 0 bridgehead atoms. The number of carbonyl (C=O) groups excluding carboxylic acids is 2. The van der Waals surface area contributed by atoms with Crippen molar-refractivity contribution in [2.75, 3.05) is 33.9 Å². The Kier molecular flexibility index (Phi) is 6.42. The highest BCUT2D eigenvalue weighted by Crippen LogP contribution is 2.48. The van der Waals surface area contributed by atoms with Gasteiger partial charge in [-0.3, -0.25) is 9.59 Å². The third-order valence-corrected chi connectivity index (χ3v) is 4.31. The highest BCUT2D eigenvalue weighted by Gasteiger charge is 2.45. The van der Waals surface area contributed by atoms with Crippen LogP contribution in [-0.4, -0.2) is 50.7 Å². The molecule has 1 saturated carbocycles. The standard InChI is InChI=1S/C17H22ClNO4/c1-22-9-8-19(7-6-16(20)23-2)17(21)15-11-14(15)12-4-3-5-13(18)10-12/h3-5,10,14-15H,6-9,11H2,1-2H3. The molecule has 1 aliphatic carbocycles. The smallest absolute Gasteiger partial charge is 0.307 e. The van der Waals surface area contributed by atoms with Gasteiger partial charge >= 0.3 is 5.97 Å². The van der Waals surface area contributed by atoms with Gasteiger partial charge in [-0.05, 0) is 30.0 Å². The van der Waals surface area contributed by atoms with Crippen molar-refractivity contribution in [1.82, 2.24) is 4.90 Å². The summed E-state index contributed by atoms with van der Waals surface area (Å²) >= 11 is 6.01. The topological polar surface area (TPSA) is 55.8 Å². The minimum atomic E-state index is -0.317. The lowest BCUT2D eigenvalue weighted by molar-refractivity contribution is -0.142. The average molecular weight is 340 g/mol. The minimum Gasteiger partial charge on any atom is -0.469 e. The Morgan fingerprint density at radius 3 is 2.74 bits per heavy atom. The first kappa shape index (κ1) is 17.8. The fourth-order valence-corrected chi connectivity index (χ4v) is 2.87. The molecular weight excluding hydrogens is 318 g/mol. The molecule has 5 nitrogen and oxygen atoms in total. The van der Waals surface area contributed by atoms with Crippen molar-refractivity contribution in [1.29, 1.82) is 0 Å². The third-order valence-electron chi connectivity index (χ3n) is 4.07. The van der Waals surface area contributed by atoms with Crippen LogP contribution in [0.15, 0.2) is 24.3 Å². The molecule has 126 valence electrons. The Bertz CT molecular complexity index is 563. The predicted octanol–water partition coefficient (Wildman–Crippen LogP) is 2.48. The van der Waals surface area contributed by atoms with E-state index >= 15 is 0 Å². The van der Waals surface area contributed by atoms with E-state index < -0.39 is 0 Å². The van der Waals surface area contributed by atoms with Crippen LogP contribution in [0, 0.1) is 5.92 Å². The molecule has 1 aliphatic rings. The summed E-state index contributed by atoms with van der Waals surface area (Å²) in [6, 6.07) is 7.63. The molecule has 2 unspecified atom stereocenters. The zero-order valence-electron chi connectivity index (χ0n) is 13.5. The van der Waals surface area contributed by atoms with Gasteiger partial charge < -0.3 is 14.4 Å². The maximum atomic E-state index is 12.7. The number of nitrogens with zero attached hydrogens (tertiary/aromatic N) is 1. The summed E-state index contributed by atoms with van der Waals surface area (Å²) in [7, 11) is 2.94. The largest absolute Gasteiger partial charge is 0.469 e. The zero-order chi connectivity index (χ0) is 16.8. The van der Waals surface area contributed by atoms with Crippen molar-refractivity contribution in [3.63, 3.8) is 0 Å². The van der Waals surface area contributed by atoms with Crippen LogP contribution in [0.4, 0.5) is 0 Å². The predicted molar refractivity (Wildman–Crippen MR) is 87.4 cm³/mol. The second kappa shape index (κ2) is 8.31. The Morgan fingerprint density at radius 1 is 1.30 bits per heavy atom. The molecule has 1 aromatic carbocycles. The van der Waals surface area contributed by atoms with Crippen LogP contribution in [0.25, 0.3) is 0 Å². The molecule has 0 aromatic heterocycles. The molecule has 0 heterocycles. The van der Waals surface area contributed by atoms with Gasteiger partial charge in [0.25, 0.3) is 0 Å². The lowest BCUT2D eigenvalue weighted by Crippen LogP contribution is -2.37. The summed E-state index contributed by atoms with van der Waals surface area (Å²) in [6.07, 6.45) is 1.02. The molecular formula is C17H22ClNO4. The molecule has 0 aliphatic heterocycles. The lowest BCUT2D eigenvalue weighted by Gasteiger charge is -2.22. The van der Waals surface area contributed by atoms with E-state index in [1.807, 2.05) is 24.3 Å². The minimum absolute atomic E-state index is 0.0389. The van der Waals surface area contributed by atoms with Crippen LogP contribution in [0.1, 0.15) is 24.3 Å². The number of esters is 1. The van der Waals surface area contributed by atoms with Gasteiger partial charge in [0, 0.05) is 31.1 Å². The van der Waals surface area contributed by atoms with E-state index in [0.717, 1.165) is 12.0 Å². The summed E-state index contributed by atoms with van der Waals surface area (Å²) < 4.78 is 9.70. The van der Waals surface area contributed by atoms with Gasteiger partial charge in [0.15, 0.2) is 0 Å².